The van der Waals surface area contributed by atoms with Crippen LogP contribution in [-0.2, 0) is 11.3 Å². The van der Waals surface area contributed by atoms with Gasteiger partial charge in [-0.1, -0.05) is 36.4 Å². The number of benzene rings is 2. The summed E-state index contributed by atoms with van der Waals surface area (Å²) in [5.74, 6) is 0.647. The number of hydrogen-bond donors (Lipinski definition) is 1. The van der Waals surface area contributed by atoms with Gasteiger partial charge in [0, 0.05) is 20.7 Å². The average molecular weight is 328 g/mol. The molecule has 24 heavy (non-hydrogen) atoms. The largest absolute Gasteiger partial charge is 0.489 e. The first-order valence-corrected chi connectivity index (χ1v) is 7.88. The normalized spacial score (nSPS) is 10.3. The third-order valence-electron chi connectivity index (χ3n) is 3.53. The molecule has 128 valence electrons. The van der Waals surface area contributed by atoms with Crippen LogP contribution in [0.4, 0.5) is 10.5 Å². The van der Waals surface area contributed by atoms with E-state index in [2.05, 4.69) is 5.32 Å². The molecule has 2 amide bonds. The van der Waals surface area contributed by atoms with Crippen molar-refractivity contribution in [2.24, 2.45) is 0 Å². The monoisotopic (exact) mass is 328 g/mol. The van der Waals surface area contributed by atoms with Crippen molar-refractivity contribution in [1.29, 1.82) is 0 Å². The maximum absolute atomic E-state index is 12.4. The number of carbonyl (C=O) groups is 1. The number of amides is 2. The minimum Gasteiger partial charge on any atom is -0.489 e. The summed E-state index contributed by atoms with van der Waals surface area (Å²) in [4.78, 5) is 14.1. The second-order valence-corrected chi connectivity index (χ2v) is 5.61. The number of rotatable bonds is 7. The van der Waals surface area contributed by atoms with Crippen molar-refractivity contribution in [1.82, 2.24) is 4.90 Å². The third kappa shape index (κ3) is 5.28. The maximum atomic E-state index is 12.4. The predicted octanol–water partition coefficient (Wildman–Crippen LogP) is 3.68. The molecule has 5 nitrogen and oxygen atoms in total. The molecule has 0 bridgehead atoms. The van der Waals surface area contributed by atoms with E-state index in [0.29, 0.717) is 31.2 Å². The van der Waals surface area contributed by atoms with Gasteiger partial charge in [0.15, 0.2) is 0 Å². The summed E-state index contributed by atoms with van der Waals surface area (Å²) in [5, 5.41) is 2.91. The molecule has 0 aliphatic carbocycles. The topological polar surface area (TPSA) is 50.8 Å². The van der Waals surface area contributed by atoms with Gasteiger partial charge in [-0.15, -0.1) is 0 Å². The van der Waals surface area contributed by atoms with Crippen LogP contribution in [0.5, 0.6) is 5.75 Å². The lowest BCUT2D eigenvalue weighted by Gasteiger charge is -2.20. The van der Waals surface area contributed by atoms with Crippen LogP contribution >= 0.6 is 0 Å². The number of ether oxygens (including phenoxy) is 2. The van der Waals surface area contributed by atoms with Gasteiger partial charge in [0.05, 0.1) is 12.3 Å². The Bertz CT molecular complexity index is 659. The van der Waals surface area contributed by atoms with Crippen LogP contribution in [0.25, 0.3) is 0 Å². The Hall–Kier alpha value is -2.53. The van der Waals surface area contributed by atoms with E-state index in [1.807, 2.05) is 55.5 Å². The lowest BCUT2D eigenvalue weighted by Crippen LogP contribution is -2.31. The minimum atomic E-state index is -0.181. The highest BCUT2D eigenvalue weighted by molar-refractivity contribution is 5.90. The Morgan fingerprint density at radius 2 is 1.88 bits per heavy atom. The lowest BCUT2D eigenvalue weighted by atomic mass is 10.2. The lowest BCUT2D eigenvalue weighted by molar-refractivity contribution is 0.146. The van der Waals surface area contributed by atoms with Crippen LogP contribution in [0.15, 0.2) is 48.5 Å². The maximum Gasteiger partial charge on any atom is 0.321 e. The molecule has 0 spiro atoms. The molecule has 0 radical (unpaired) electrons. The smallest absolute Gasteiger partial charge is 0.321 e. The van der Waals surface area contributed by atoms with Gasteiger partial charge in [-0.3, -0.25) is 0 Å². The molecule has 1 N–H and O–H groups in total. The van der Waals surface area contributed by atoms with E-state index in [4.69, 9.17) is 9.47 Å². The summed E-state index contributed by atoms with van der Waals surface area (Å²) in [7, 11) is 3.39. The molecule has 2 aromatic rings. The zero-order valence-corrected chi connectivity index (χ0v) is 14.4. The molecule has 0 fully saturated rings. The average Bonchev–Trinajstić information content (AvgIpc) is 2.58. The number of methoxy groups -OCH3 is 1. The highest BCUT2D eigenvalue weighted by Gasteiger charge is 2.12. The van der Waals surface area contributed by atoms with E-state index in [0.717, 1.165) is 11.1 Å². The molecule has 0 heterocycles. The molecular formula is C19H24N2O3. The number of anilines is 1. The third-order valence-corrected chi connectivity index (χ3v) is 3.53. The molecule has 0 aromatic heterocycles. The Labute approximate surface area is 143 Å². The Kier molecular flexibility index (Phi) is 6.63. The molecule has 0 atom stereocenters. The number of nitrogens with zero attached hydrogens (tertiary/aromatic N) is 1. The van der Waals surface area contributed by atoms with Crippen LogP contribution in [-0.4, -0.2) is 38.3 Å². The van der Waals surface area contributed by atoms with E-state index >= 15 is 0 Å². The summed E-state index contributed by atoms with van der Waals surface area (Å²) < 4.78 is 10.7. The van der Waals surface area contributed by atoms with Gasteiger partial charge in [-0.2, -0.15) is 0 Å². The fourth-order valence-electron chi connectivity index (χ4n) is 2.23. The summed E-state index contributed by atoms with van der Waals surface area (Å²) in [6.07, 6.45) is 0. The van der Waals surface area contributed by atoms with Crippen LogP contribution < -0.4 is 10.1 Å². The number of urea groups is 1. The van der Waals surface area contributed by atoms with Gasteiger partial charge < -0.3 is 19.7 Å². The first-order chi connectivity index (χ1) is 11.6. The molecule has 5 heteroatoms. The van der Waals surface area contributed by atoms with Crippen molar-refractivity contribution in [3.8, 4) is 5.75 Å². The van der Waals surface area contributed by atoms with Crippen LogP contribution in [0.1, 0.15) is 11.1 Å². The van der Waals surface area contributed by atoms with Crippen molar-refractivity contribution in [2.45, 2.75) is 13.5 Å². The Morgan fingerprint density at radius 3 is 2.58 bits per heavy atom. The predicted molar refractivity (Wildman–Crippen MR) is 95.5 cm³/mol. The first-order valence-electron chi connectivity index (χ1n) is 7.88. The molecule has 0 aliphatic heterocycles. The highest BCUT2D eigenvalue weighted by Crippen LogP contribution is 2.26. The van der Waals surface area contributed by atoms with Gasteiger partial charge in [0.25, 0.3) is 0 Å². The summed E-state index contributed by atoms with van der Waals surface area (Å²) in [5.41, 5.74) is 2.80. The van der Waals surface area contributed by atoms with Crippen LogP contribution in [0, 0.1) is 6.92 Å². The molecule has 2 rings (SSSR count). The molecule has 0 saturated heterocycles. The van der Waals surface area contributed by atoms with Gasteiger partial charge >= 0.3 is 6.03 Å². The SMILES string of the molecule is COCCOc1cc(C)ccc1NC(=O)N(C)Cc1ccccc1. The van der Waals surface area contributed by atoms with E-state index in [-0.39, 0.29) is 6.03 Å². The Balaban J connectivity index is 2.02. The van der Waals surface area contributed by atoms with Crippen molar-refractivity contribution >= 4 is 11.7 Å². The van der Waals surface area contributed by atoms with Gasteiger partial charge in [-0.05, 0) is 30.2 Å². The van der Waals surface area contributed by atoms with E-state index in [1.165, 1.54) is 0 Å². The van der Waals surface area contributed by atoms with Gasteiger partial charge in [0.1, 0.15) is 12.4 Å². The number of hydrogen-bond acceptors (Lipinski definition) is 3. The summed E-state index contributed by atoms with van der Waals surface area (Å²) >= 11 is 0. The van der Waals surface area contributed by atoms with Crippen molar-refractivity contribution in [3.05, 3.63) is 59.7 Å². The van der Waals surface area contributed by atoms with Crippen molar-refractivity contribution in [3.63, 3.8) is 0 Å². The summed E-state index contributed by atoms with van der Waals surface area (Å²) in [6, 6.07) is 15.4. The number of carbonyl (C=O) groups excluding carboxylic acids is 1. The fraction of sp³-hybridized carbons (Fsp3) is 0.316. The van der Waals surface area contributed by atoms with Crippen molar-refractivity contribution in [2.75, 3.05) is 32.7 Å². The van der Waals surface area contributed by atoms with Gasteiger partial charge in [0.2, 0.25) is 0 Å². The van der Waals surface area contributed by atoms with E-state index in [1.54, 1.807) is 19.1 Å². The second kappa shape index (κ2) is 8.93. The molecule has 2 aromatic carbocycles. The zero-order chi connectivity index (χ0) is 17.4. The standard InChI is InChI=1S/C19H24N2O3/c1-15-9-10-17(18(13-15)24-12-11-23-3)20-19(22)21(2)14-16-7-5-4-6-8-16/h4-10,13H,11-12,14H2,1-3H3,(H,20,22). The molecule has 0 saturated carbocycles. The van der Waals surface area contributed by atoms with E-state index < -0.39 is 0 Å². The molecule has 0 aliphatic rings. The minimum absolute atomic E-state index is 0.181. The van der Waals surface area contributed by atoms with Gasteiger partial charge in [-0.25, -0.2) is 4.79 Å². The fourth-order valence-corrected chi connectivity index (χ4v) is 2.23. The Morgan fingerprint density at radius 1 is 1.12 bits per heavy atom. The zero-order valence-electron chi connectivity index (χ0n) is 14.4. The number of aryl methyl sites for hydroxylation is 1. The van der Waals surface area contributed by atoms with Crippen molar-refractivity contribution < 1.29 is 14.3 Å². The van der Waals surface area contributed by atoms with E-state index in [9.17, 15) is 4.79 Å². The molecular weight excluding hydrogens is 304 g/mol. The highest BCUT2D eigenvalue weighted by atomic mass is 16.5. The second-order valence-electron chi connectivity index (χ2n) is 5.61. The number of nitrogens with one attached hydrogen (secondary N) is 1. The van der Waals surface area contributed by atoms with Crippen LogP contribution in [0.2, 0.25) is 0 Å². The van der Waals surface area contributed by atoms with Crippen LogP contribution in [0.3, 0.4) is 0 Å². The molecule has 0 unspecified atom stereocenters. The first kappa shape index (κ1) is 17.8. The summed E-state index contributed by atoms with van der Waals surface area (Å²) in [6.45, 7) is 3.45. The quantitative estimate of drug-likeness (QED) is 0.789.